The van der Waals surface area contributed by atoms with Crippen LogP contribution >= 0.6 is 0 Å². The molecule has 0 spiro atoms. The van der Waals surface area contributed by atoms with E-state index >= 15 is 0 Å². The van der Waals surface area contributed by atoms with Gasteiger partial charge in [0, 0.05) is 12.6 Å². The predicted octanol–water partition coefficient (Wildman–Crippen LogP) is 3.36. The van der Waals surface area contributed by atoms with Gasteiger partial charge in [0.05, 0.1) is 0 Å². The molecule has 0 bridgehead atoms. The fraction of sp³-hybridized carbons (Fsp3) is 0.895. The van der Waals surface area contributed by atoms with Crippen molar-refractivity contribution in [2.24, 2.45) is 11.8 Å². The van der Waals surface area contributed by atoms with Crippen molar-refractivity contribution >= 4 is 0 Å². The molecule has 3 nitrogen and oxygen atoms in total. The van der Waals surface area contributed by atoms with Gasteiger partial charge in [-0.3, -0.25) is 4.90 Å². The van der Waals surface area contributed by atoms with Crippen LogP contribution in [0.5, 0.6) is 0 Å². The number of fused-ring (bicyclic) bond motifs is 1. The molecule has 22 heavy (non-hydrogen) atoms. The Morgan fingerprint density at radius 3 is 2.73 bits per heavy atom. The normalized spacial score (nSPS) is 37.3. The van der Waals surface area contributed by atoms with Gasteiger partial charge in [0.2, 0.25) is 0 Å². The van der Waals surface area contributed by atoms with Gasteiger partial charge >= 0.3 is 0 Å². The third kappa shape index (κ3) is 3.93. The van der Waals surface area contributed by atoms with Gasteiger partial charge in [-0.2, -0.15) is 0 Å². The highest BCUT2D eigenvalue weighted by molar-refractivity contribution is 5.23. The lowest BCUT2D eigenvalue weighted by molar-refractivity contribution is -0.110. The van der Waals surface area contributed by atoms with Crippen molar-refractivity contribution in [2.75, 3.05) is 13.1 Å². The van der Waals surface area contributed by atoms with E-state index in [1.54, 1.807) is 0 Å². The molecule has 0 aromatic rings. The van der Waals surface area contributed by atoms with Gasteiger partial charge in [-0.1, -0.05) is 46.1 Å². The van der Waals surface area contributed by atoms with Gasteiger partial charge in [0.25, 0.3) is 0 Å². The molecule has 2 rings (SSSR count). The second kappa shape index (κ2) is 7.46. The molecule has 0 aliphatic carbocycles. The number of rotatable bonds is 6. The number of aliphatic hydroxyl groups is 2. The van der Waals surface area contributed by atoms with E-state index in [-0.39, 0.29) is 6.04 Å². The van der Waals surface area contributed by atoms with Crippen molar-refractivity contribution in [3.8, 4) is 0 Å². The first kappa shape index (κ1) is 18.0. The molecule has 2 aliphatic rings. The lowest BCUT2D eigenvalue weighted by Gasteiger charge is -2.46. The quantitative estimate of drug-likeness (QED) is 0.740. The Hall–Kier alpha value is -0.380. The zero-order valence-corrected chi connectivity index (χ0v) is 14.9. The van der Waals surface area contributed by atoms with E-state index in [4.69, 9.17) is 0 Å². The smallest absolute Gasteiger partial charge is 0.107 e. The van der Waals surface area contributed by atoms with Crippen LogP contribution in [0.4, 0.5) is 0 Å². The summed E-state index contributed by atoms with van der Waals surface area (Å²) in [6, 6.07) is 0.125. The lowest BCUT2D eigenvalue weighted by atomic mass is 9.79. The first-order chi connectivity index (χ1) is 10.4. The SMILES string of the molecule is CCCC(C)CCC(C)C=C1CN2CCCC2C(C)(O)C1O. The van der Waals surface area contributed by atoms with Gasteiger partial charge in [-0.05, 0) is 50.1 Å². The van der Waals surface area contributed by atoms with Crippen molar-refractivity contribution in [3.63, 3.8) is 0 Å². The summed E-state index contributed by atoms with van der Waals surface area (Å²) in [7, 11) is 0. The van der Waals surface area contributed by atoms with Gasteiger partial charge in [-0.25, -0.2) is 0 Å². The molecular formula is C19H35NO2. The molecule has 0 aromatic heterocycles. The first-order valence-electron chi connectivity index (χ1n) is 9.21. The van der Waals surface area contributed by atoms with Gasteiger partial charge in [-0.15, -0.1) is 0 Å². The fourth-order valence-electron chi connectivity index (χ4n) is 4.33. The largest absolute Gasteiger partial charge is 0.386 e. The summed E-state index contributed by atoms with van der Waals surface area (Å²) in [5, 5.41) is 21.4. The molecule has 0 aromatic carbocycles. The molecule has 0 amide bonds. The number of hydrogen-bond donors (Lipinski definition) is 2. The standard InChI is InChI=1S/C19H35NO2/c1-5-7-14(2)9-10-15(3)12-16-13-20-11-6-8-17(20)19(4,22)18(16)21/h12,14-15,17-18,21-22H,5-11,13H2,1-4H3. The Labute approximate surface area is 136 Å². The highest BCUT2D eigenvalue weighted by atomic mass is 16.3. The van der Waals surface area contributed by atoms with Crippen molar-refractivity contribution in [2.45, 2.75) is 84.0 Å². The Bertz CT molecular complexity index is 391. The molecule has 5 unspecified atom stereocenters. The number of nitrogens with zero attached hydrogens (tertiary/aromatic N) is 1. The Morgan fingerprint density at radius 1 is 1.32 bits per heavy atom. The third-order valence-electron chi connectivity index (χ3n) is 5.72. The van der Waals surface area contributed by atoms with Crippen LogP contribution in [-0.2, 0) is 0 Å². The summed E-state index contributed by atoms with van der Waals surface area (Å²) < 4.78 is 0. The van der Waals surface area contributed by atoms with Gasteiger partial charge in [0.15, 0.2) is 0 Å². The van der Waals surface area contributed by atoms with Crippen molar-refractivity contribution in [3.05, 3.63) is 11.6 Å². The van der Waals surface area contributed by atoms with Crippen LogP contribution in [0.25, 0.3) is 0 Å². The van der Waals surface area contributed by atoms with E-state index < -0.39 is 11.7 Å². The minimum absolute atomic E-state index is 0.125. The van der Waals surface area contributed by atoms with Crippen molar-refractivity contribution in [1.29, 1.82) is 0 Å². The summed E-state index contributed by atoms with van der Waals surface area (Å²) in [5.41, 5.74) is 0.0225. The van der Waals surface area contributed by atoms with Gasteiger partial charge in [0.1, 0.15) is 11.7 Å². The molecule has 0 saturated carbocycles. The summed E-state index contributed by atoms with van der Waals surface area (Å²) in [4.78, 5) is 2.35. The maximum Gasteiger partial charge on any atom is 0.107 e. The Kier molecular flexibility index (Phi) is 6.09. The molecule has 5 atom stereocenters. The molecular weight excluding hydrogens is 274 g/mol. The van der Waals surface area contributed by atoms with Crippen molar-refractivity contribution < 1.29 is 10.2 Å². The maximum absolute atomic E-state index is 10.8. The van der Waals surface area contributed by atoms with Crippen LogP contribution in [0, 0.1) is 11.8 Å². The molecule has 2 N–H and O–H groups in total. The van der Waals surface area contributed by atoms with Crippen molar-refractivity contribution in [1.82, 2.24) is 4.90 Å². The zero-order valence-electron chi connectivity index (χ0n) is 14.9. The summed E-state index contributed by atoms with van der Waals surface area (Å²) >= 11 is 0. The molecule has 0 radical (unpaired) electrons. The summed E-state index contributed by atoms with van der Waals surface area (Å²) in [6.07, 6.45) is 8.63. The van der Waals surface area contributed by atoms with Crippen LogP contribution in [0.1, 0.15) is 66.2 Å². The average Bonchev–Trinajstić information content (AvgIpc) is 2.92. The first-order valence-corrected chi connectivity index (χ1v) is 9.21. The molecule has 2 heterocycles. The number of piperidine rings is 1. The van der Waals surface area contributed by atoms with E-state index in [1.165, 1.54) is 25.7 Å². The number of hydrogen-bond acceptors (Lipinski definition) is 3. The minimum atomic E-state index is -1.00. The maximum atomic E-state index is 10.8. The number of aliphatic hydroxyl groups excluding tert-OH is 1. The predicted molar refractivity (Wildman–Crippen MR) is 91.8 cm³/mol. The second-order valence-electron chi connectivity index (χ2n) is 7.95. The van der Waals surface area contributed by atoms with E-state index in [1.807, 2.05) is 6.92 Å². The number of allylic oxidation sites excluding steroid dienone is 1. The van der Waals surface area contributed by atoms with Crippen LogP contribution in [0.15, 0.2) is 11.6 Å². The third-order valence-corrected chi connectivity index (χ3v) is 5.72. The zero-order chi connectivity index (χ0) is 16.3. The highest BCUT2D eigenvalue weighted by Gasteiger charge is 2.49. The summed E-state index contributed by atoms with van der Waals surface area (Å²) in [5.74, 6) is 1.26. The Morgan fingerprint density at radius 2 is 2.05 bits per heavy atom. The molecule has 2 fully saturated rings. The second-order valence-corrected chi connectivity index (χ2v) is 7.95. The van der Waals surface area contributed by atoms with Gasteiger partial charge < -0.3 is 10.2 Å². The monoisotopic (exact) mass is 309 g/mol. The average molecular weight is 309 g/mol. The minimum Gasteiger partial charge on any atom is -0.386 e. The Balaban J connectivity index is 1.98. The van der Waals surface area contributed by atoms with Crippen LogP contribution in [-0.4, -0.2) is 45.9 Å². The highest BCUT2D eigenvalue weighted by Crippen LogP contribution is 2.37. The molecule has 2 saturated heterocycles. The van der Waals surface area contributed by atoms with Crippen LogP contribution in [0.2, 0.25) is 0 Å². The topological polar surface area (TPSA) is 43.7 Å². The molecule has 3 heteroatoms. The van der Waals surface area contributed by atoms with Crippen LogP contribution < -0.4 is 0 Å². The fourth-order valence-corrected chi connectivity index (χ4v) is 4.33. The molecule has 128 valence electrons. The van der Waals surface area contributed by atoms with Crippen LogP contribution in [0.3, 0.4) is 0 Å². The van der Waals surface area contributed by atoms with E-state index in [9.17, 15) is 10.2 Å². The van der Waals surface area contributed by atoms with E-state index in [2.05, 4.69) is 31.7 Å². The molecule has 2 aliphatic heterocycles. The summed E-state index contributed by atoms with van der Waals surface area (Å²) in [6.45, 7) is 10.5. The lowest BCUT2D eigenvalue weighted by Crippen LogP contribution is -2.61. The van der Waals surface area contributed by atoms with E-state index in [0.717, 1.165) is 37.4 Å². The van der Waals surface area contributed by atoms with E-state index in [0.29, 0.717) is 5.92 Å².